The Morgan fingerprint density at radius 1 is 1.19 bits per heavy atom. The third-order valence-electron chi connectivity index (χ3n) is 4.18. The van der Waals surface area contributed by atoms with Gasteiger partial charge < -0.3 is 5.32 Å². The molecule has 0 heterocycles. The van der Waals surface area contributed by atoms with Crippen LogP contribution in [0.3, 0.4) is 0 Å². The Morgan fingerprint density at radius 2 is 1.81 bits per heavy atom. The van der Waals surface area contributed by atoms with E-state index in [0.29, 0.717) is 5.92 Å². The summed E-state index contributed by atoms with van der Waals surface area (Å²) in [7, 11) is 2.07. The second-order valence-corrected chi connectivity index (χ2v) is 5.42. The Hall–Kier alpha value is -0.820. The molecular formula is C15H23N. The van der Waals surface area contributed by atoms with Crippen molar-refractivity contribution in [3.8, 4) is 0 Å². The molecule has 1 aliphatic carbocycles. The van der Waals surface area contributed by atoms with E-state index in [4.69, 9.17) is 0 Å². The van der Waals surface area contributed by atoms with Crippen LogP contribution in [-0.2, 0) is 0 Å². The summed E-state index contributed by atoms with van der Waals surface area (Å²) in [6.45, 7) is 6.85. The molecule has 1 aromatic carbocycles. The minimum Gasteiger partial charge on any atom is -0.317 e. The van der Waals surface area contributed by atoms with Crippen LogP contribution in [0.5, 0.6) is 0 Å². The Bertz CT molecular complexity index is 339. The first-order valence-corrected chi connectivity index (χ1v) is 6.40. The summed E-state index contributed by atoms with van der Waals surface area (Å²) in [6, 6.07) is 9.94. The first-order valence-electron chi connectivity index (χ1n) is 6.40. The van der Waals surface area contributed by atoms with Crippen molar-refractivity contribution in [3.05, 3.63) is 35.4 Å². The molecule has 1 nitrogen and oxygen atoms in total. The zero-order valence-corrected chi connectivity index (χ0v) is 10.8. The predicted octanol–water partition coefficient (Wildman–Crippen LogP) is 3.52. The average molecular weight is 217 g/mol. The third-order valence-corrected chi connectivity index (χ3v) is 4.18. The van der Waals surface area contributed by atoms with Gasteiger partial charge in [-0.05, 0) is 42.3 Å². The van der Waals surface area contributed by atoms with Gasteiger partial charge in [-0.3, -0.25) is 0 Å². The molecule has 0 radical (unpaired) electrons. The van der Waals surface area contributed by atoms with Gasteiger partial charge in [-0.15, -0.1) is 0 Å². The highest BCUT2D eigenvalue weighted by Crippen LogP contribution is 2.42. The summed E-state index contributed by atoms with van der Waals surface area (Å²) >= 11 is 0. The van der Waals surface area contributed by atoms with Gasteiger partial charge in [0.25, 0.3) is 0 Å². The summed E-state index contributed by atoms with van der Waals surface area (Å²) in [5.74, 6) is 2.17. The molecule has 0 saturated heterocycles. The highest BCUT2D eigenvalue weighted by molar-refractivity contribution is 5.29. The van der Waals surface area contributed by atoms with Gasteiger partial charge in [-0.25, -0.2) is 0 Å². The Morgan fingerprint density at radius 3 is 2.25 bits per heavy atom. The van der Waals surface area contributed by atoms with E-state index < -0.39 is 0 Å². The summed E-state index contributed by atoms with van der Waals surface area (Å²) in [4.78, 5) is 0. The molecule has 1 aromatic rings. The largest absolute Gasteiger partial charge is 0.317 e. The van der Waals surface area contributed by atoms with E-state index in [0.717, 1.165) is 17.9 Å². The molecule has 1 N–H and O–H groups in total. The summed E-state index contributed by atoms with van der Waals surface area (Å²) < 4.78 is 0. The molecule has 0 aromatic heterocycles. The second kappa shape index (κ2) is 4.58. The van der Waals surface area contributed by atoms with Crippen molar-refractivity contribution in [1.82, 2.24) is 5.32 Å². The molecule has 16 heavy (non-hydrogen) atoms. The molecule has 0 bridgehead atoms. The second-order valence-electron chi connectivity index (χ2n) is 5.42. The molecule has 2 rings (SSSR count). The Balaban J connectivity index is 2.06. The standard InChI is InChI=1S/C15H23N/c1-10(2)12-5-7-13(8-6-12)14-9-15(16-4)11(14)3/h5-8,10-11,14-16H,9H2,1-4H3. The molecule has 3 atom stereocenters. The van der Waals surface area contributed by atoms with E-state index in [9.17, 15) is 0 Å². The van der Waals surface area contributed by atoms with Crippen LogP contribution in [0.4, 0.5) is 0 Å². The zero-order chi connectivity index (χ0) is 11.7. The highest BCUT2D eigenvalue weighted by atomic mass is 14.9. The van der Waals surface area contributed by atoms with Crippen LogP contribution in [0, 0.1) is 5.92 Å². The molecule has 3 unspecified atom stereocenters. The van der Waals surface area contributed by atoms with Crippen LogP contribution in [0.2, 0.25) is 0 Å². The maximum Gasteiger partial charge on any atom is 0.0101 e. The van der Waals surface area contributed by atoms with Gasteiger partial charge in [-0.2, -0.15) is 0 Å². The summed E-state index contributed by atoms with van der Waals surface area (Å²) in [5.41, 5.74) is 2.96. The summed E-state index contributed by atoms with van der Waals surface area (Å²) in [6.07, 6.45) is 1.29. The van der Waals surface area contributed by atoms with Crippen LogP contribution in [0.25, 0.3) is 0 Å². The smallest absolute Gasteiger partial charge is 0.0101 e. The zero-order valence-electron chi connectivity index (χ0n) is 10.8. The lowest BCUT2D eigenvalue weighted by Gasteiger charge is -2.43. The molecular weight excluding hydrogens is 194 g/mol. The van der Waals surface area contributed by atoms with E-state index >= 15 is 0 Å². The lowest BCUT2D eigenvalue weighted by Crippen LogP contribution is -2.46. The maximum absolute atomic E-state index is 3.38. The van der Waals surface area contributed by atoms with Gasteiger partial charge in [0.2, 0.25) is 0 Å². The number of hydrogen-bond donors (Lipinski definition) is 1. The van der Waals surface area contributed by atoms with Crippen molar-refractivity contribution in [2.45, 2.75) is 45.1 Å². The lowest BCUT2D eigenvalue weighted by atomic mass is 9.67. The van der Waals surface area contributed by atoms with Crippen molar-refractivity contribution < 1.29 is 0 Å². The third kappa shape index (κ3) is 2.01. The van der Waals surface area contributed by atoms with Crippen molar-refractivity contribution >= 4 is 0 Å². The monoisotopic (exact) mass is 217 g/mol. The van der Waals surface area contributed by atoms with E-state index in [2.05, 4.69) is 57.4 Å². The molecule has 0 spiro atoms. The van der Waals surface area contributed by atoms with Gasteiger partial charge in [0.05, 0.1) is 0 Å². The fraction of sp³-hybridized carbons (Fsp3) is 0.600. The first kappa shape index (κ1) is 11.7. The molecule has 1 heteroatoms. The Labute approximate surface area is 99.3 Å². The minimum atomic E-state index is 0.637. The summed E-state index contributed by atoms with van der Waals surface area (Å²) in [5, 5.41) is 3.38. The predicted molar refractivity (Wildman–Crippen MR) is 69.9 cm³/mol. The van der Waals surface area contributed by atoms with Crippen molar-refractivity contribution in [2.75, 3.05) is 7.05 Å². The number of hydrogen-bond acceptors (Lipinski definition) is 1. The topological polar surface area (TPSA) is 12.0 Å². The van der Waals surface area contributed by atoms with E-state index in [1.54, 1.807) is 0 Å². The normalized spacial score (nSPS) is 29.2. The fourth-order valence-electron chi connectivity index (χ4n) is 2.74. The number of benzene rings is 1. The number of rotatable bonds is 3. The average Bonchev–Trinajstić information content (AvgIpc) is 2.28. The van der Waals surface area contributed by atoms with Crippen molar-refractivity contribution in [2.24, 2.45) is 5.92 Å². The number of nitrogens with one attached hydrogen (secondary N) is 1. The Kier molecular flexibility index (Phi) is 3.34. The van der Waals surface area contributed by atoms with Gasteiger partial charge in [0.1, 0.15) is 0 Å². The SMILES string of the molecule is CNC1CC(c2ccc(C(C)C)cc2)C1C. The van der Waals surface area contributed by atoms with Crippen LogP contribution in [0.1, 0.15) is 50.2 Å². The van der Waals surface area contributed by atoms with Gasteiger partial charge in [0, 0.05) is 6.04 Å². The van der Waals surface area contributed by atoms with Gasteiger partial charge in [-0.1, -0.05) is 45.0 Å². The van der Waals surface area contributed by atoms with Crippen molar-refractivity contribution in [3.63, 3.8) is 0 Å². The van der Waals surface area contributed by atoms with E-state index in [-0.39, 0.29) is 0 Å². The van der Waals surface area contributed by atoms with Gasteiger partial charge >= 0.3 is 0 Å². The quantitative estimate of drug-likeness (QED) is 0.817. The van der Waals surface area contributed by atoms with Crippen LogP contribution >= 0.6 is 0 Å². The van der Waals surface area contributed by atoms with Crippen LogP contribution in [-0.4, -0.2) is 13.1 Å². The molecule has 1 aliphatic rings. The van der Waals surface area contributed by atoms with Gasteiger partial charge in [0.15, 0.2) is 0 Å². The fourth-order valence-corrected chi connectivity index (χ4v) is 2.74. The first-order chi connectivity index (χ1) is 7.63. The van der Waals surface area contributed by atoms with Crippen LogP contribution < -0.4 is 5.32 Å². The molecule has 1 saturated carbocycles. The molecule has 0 aliphatic heterocycles. The molecule has 1 fully saturated rings. The van der Waals surface area contributed by atoms with Crippen molar-refractivity contribution in [1.29, 1.82) is 0 Å². The molecule has 88 valence electrons. The van der Waals surface area contributed by atoms with E-state index in [1.807, 2.05) is 0 Å². The maximum atomic E-state index is 3.38. The lowest BCUT2D eigenvalue weighted by molar-refractivity contribution is 0.194. The molecule has 0 amide bonds. The van der Waals surface area contributed by atoms with Crippen LogP contribution in [0.15, 0.2) is 24.3 Å². The highest BCUT2D eigenvalue weighted by Gasteiger charge is 2.37. The van der Waals surface area contributed by atoms with E-state index in [1.165, 1.54) is 17.5 Å². The minimum absolute atomic E-state index is 0.637.